The zero-order chi connectivity index (χ0) is 15.7. The topological polar surface area (TPSA) is 46.6 Å². The third kappa shape index (κ3) is 2.48. The molecule has 0 aliphatic carbocycles. The van der Waals surface area contributed by atoms with E-state index >= 15 is 0 Å². The highest BCUT2D eigenvalue weighted by atomic mass is 16.5. The molecule has 0 bridgehead atoms. The van der Waals surface area contributed by atoms with E-state index in [4.69, 9.17) is 4.74 Å². The van der Waals surface area contributed by atoms with Crippen LogP contribution in [0.1, 0.15) is 31.8 Å². The molecule has 0 fully saturated rings. The largest absolute Gasteiger partial charge is 0.492 e. The van der Waals surface area contributed by atoms with Gasteiger partial charge in [-0.3, -0.25) is 14.5 Å². The molecule has 3 rings (SSSR count). The number of carbonyl (C=O) groups is 2. The molecule has 0 radical (unpaired) electrons. The first-order chi connectivity index (χ1) is 10.6. The summed E-state index contributed by atoms with van der Waals surface area (Å²) in [6, 6.07) is 12.7. The molecule has 0 atom stereocenters. The Labute approximate surface area is 129 Å². The predicted octanol–water partition coefficient (Wildman–Crippen LogP) is 2.98. The fourth-order valence-corrected chi connectivity index (χ4v) is 2.50. The van der Waals surface area contributed by atoms with Crippen LogP contribution in [0, 0.1) is 13.8 Å². The van der Waals surface area contributed by atoms with E-state index in [1.54, 1.807) is 24.3 Å². The van der Waals surface area contributed by atoms with Crippen LogP contribution in [-0.4, -0.2) is 29.9 Å². The molecule has 0 aromatic heterocycles. The Bertz CT molecular complexity index is 717. The van der Waals surface area contributed by atoms with Crippen LogP contribution in [0.25, 0.3) is 0 Å². The summed E-state index contributed by atoms with van der Waals surface area (Å²) < 4.78 is 5.65. The second kappa shape index (κ2) is 5.64. The molecule has 0 spiro atoms. The lowest BCUT2D eigenvalue weighted by molar-refractivity contribution is 0.0631. The lowest BCUT2D eigenvalue weighted by Gasteiger charge is -2.14. The van der Waals surface area contributed by atoms with Crippen molar-refractivity contribution < 1.29 is 14.3 Å². The fraction of sp³-hybridized carbons (Fsp3) is 0.222. The second-order valence-electron chi connectivity index (χ2n) is 5.40. The van der Waals surface area contributed by atoms with Crippen LogP contribution < -0.4 is 4.74 Å². The molecule has 0 N–H and O–H groups in total. The molecule has 22 heavy (non-hydrogen) atoms. The highest BCUT2D eigenvalue weighted by Crippen LogP contribution is 2.22. The summed E-state index contributed by atoms with van der Waals surface area (Å²) in [6.45, 7) is 4.59. The van der Waals surface area contributed by atoms with Crippen molar-refractivity contribution in [3.8, 4) is 5.75 Å². The number of fused-ring (bicyclic) bond motifs is 1. The lowest BCUT2D eigenvalue weighted by atomic mass is 10.1. The minimum atomic E-state index is -0.246. The highest BCUT2D eigenvalue weighted by molar-refractivity contribution is 6.21. The van der Waals surface area contributed by atoms with E-state index in [1.165, 1.54) is 10.5 Å². The van der Waals surface area contributed by atoms with E-state index in [9.17, 15) is 9.59 Å². The van der Waals surface area contributed by atoms with Gasteiger partial charge in [-0.1, -0.05) is 18.2 Å². The monoisotopic (exact) mass is 295 g/mol. The van der Waals surface area contributed by atoms with E-state index in [1.807, 2.05) is 32.0 Å². The molecular formula is C18H17NO3. The Kier molecular flexibility index (Phi) is 3.67. The van der Waals surface area contributed by atoms with Crippen molar-refractivity contribution in [3.63, 3.8) is 0 Å². The van der Waals surface area contributed by atoms with Gasteiger partial charge in [-0.2, -0.15) is 0 Å². The Hall–Kier alpha value is -2.62. The minimum Gasteiger partial charge on any atom is -0.492 e. The van der Waals surface area contributed by atoms with Gasteiger partial charge in [0.25, 0.3) is 11.8 Å². The van der Waals surface area contributed by atoms with Crippen molar-refractivity contribution in [2.45, 2.75) is 13.8 Å². The zero-order valence-corrected chi connectivity index (χ0v) is 12.6. The van der Waals surface area contributed by atoms with Gasteiger partial charge >= 0.3 is 0 Å². The Morgan fingerprint density at radius 2 is 1.55 bits per heavy atom. The molecule has 112 valence electrons. The summed E-state index contributed by atoms with van der Waals surface area (Å²) in [5.41, 5.74) is 3.29. The van der Waals surface area contributed by atoms with E-state index in [-0.39, 0.29) is 25.0 Å². The molecule has 1 aliphatic rings. The molecule has 0 unspecified atom stereocenters. The van der Waals surface area contributed by atoms with Crippen LogP contribution in [0.2, 0.25) is 0 Å². The van der Waals surface area contributed by atoms with E-state index in [0.29, 0.717) is 11.1 Å². The molecule has 0 saturated carbocycles. The summed E-state index contributed by atoms with van der Waals surface area (Å²) in [5.74, 6) is 0.258. The number of amides is 2. The molecule has 1 aliphatic heterocycles. The Morgan fingerprint density at radius 3 is 2.14 bits per heavy atom. The molecule has 4 nitrogen and oxygen atoms in total. The molecule has 4 heteroatoms. The van der Waals surface area contributed by atoms with Crippen molar-refractivity contribution in [1.29, 1.82) is 0 Å². The van der Waals surface area contributed by atoms with Crippen LogP contribution in [0.3, 0.4) is 0 Å². The molecule has 2 amide bonds. The van der Waals surface area contributed by atoms with Crippen molar-refractivity contribution >= 4 is 11.8 Å². The fourth-order valence-electron chi connectivity index (χ4n) is 2.50. The SMILES string of the molecule is Cc1ccc(OCCN2C(=O)c3ccccc3C2=O)cc1C. The number of ether oxygens (including phenoxy) is 1. The van der Waals surface area contributed by atoms with Gasteiger partial charge < -0.3 is 4.74 Å². The summed E-state index contributed by atoms with van der Waals surface area (Å²) in [4.78, 5) is 25.6. The van der Waals surface area contributed by atoms with E-state index in [0.717, 1.165) is 11.3 Å². The number of hydrogen-bond acceptors (Lipinski definition) is 3. The number of hydrogen-bond donors (Lipinski definition) is 0. The first-order valence-corrected chi connectivity index (χ1v) is 7.23. The first kappa shape index (κ1) is 14.3. The summed E-state index contributed by atoms with van der Waals surface area (Å²) >= 11 is 0. The van der Waals surface area contributed by atoms with Crippen molar-refractivity contribution in [2.24, 2.45) is 0 Å². The summed E-state index contributed by atoms with van der Waals surface area (Å²) in [7, 11) is 0. The Morgan fingerprint density at radius 1 is 0.909 bits per heavy atom. The molecule has 1 heterocycles. The van der Waals surface area contributed by atoms with Crippen molar-refractivity contribution in [2.75, 3.05) is 13.2 Å². The molecule has 2 aromatic carbocycles. The maximum atomic E-state index is 12.2. The maximum Gasteiger partial charge on any atom is 0.261 e. The van der Waals surface area contributed by atoms with Gasteiger partial charge in [0.1, 0.15) is 12.4 Å². The molecular weight excluding hydrogens is 278 g/mol. The normalized spacial score (nSPS) is 13.5. The quantitative estimate of drug-likeness (QED) is 0.815. The van der Waals surface area contributed by atoms with Gasteiger partial charge in [0.05, 0.1) is 17.7 Å². The average Bonchev–Trinajstić information content (AvgIpc) is 2.76. The van der Waals surface area contributed by atoms with Crippen LogP contribution in [0.5, 0.6) is 5.75 Å². The number of carbonyl (C=O) groups excluding carboxylic acids is 2. The maximum absolute atomic E-state index is 12.2. The van der Waals surface area contributed by atoms with Crippen molar-refractivity contribution in [1.82, 2.24) is 4.90 Å². The third-order valence-corrected chi connectivity index (χ3v) is 3.94. The van der Waals surface area contributed by atoms with Gasteiger partial charge in [0.15, 0.2) is 0 Å². The van der Waals surface area contributed by atoms with Crippen molar-refractivity contribution in [3.05, 3.63) is 64.7 Å². The minimum absolute atomic E-state index is 0.246. The number of rotatable bonds is 4. The molecule has 2 aromatic rings. The van der Waals surface area contributed by atoms with Crippen LogP contribution in [-0.2, 0) is 0 Å². The third-order valence-electron chi connectivity index (χ3n) is 3.94. The first-order valence-electron chi connectivity index (χ1n) is 7.23. The lowest BCUT2D eigenvalue weighted by Crippen LogP contribution is -2.33. The summed E-state index contributed by atoms with van der Waals surface area (Å²) in [5, 5.41) is 0. The number of benzene rings is 2. The van der Waals surface area contributed by atoms with Crippen LogP contribution in [0.4, 0.5) is 0 Å². The zero-order valence-electron chi connectivity index (χ0n) is 12.6. The van der Waals surface area contributed by atoms with Gasteiger partial charge in [0.2, 0.25) is 0 Å². The Balaban J connectivity index is 1.64. The van der Waals surface area contributed by atoms with Gasteiger partial charge in [-0.15, -0.1) is 0 Å². The second-order valence-corrected chi connectivity index (χ2v) is 5.40. The van der Waals surface area contributed by atoms with Gasteiger partial charge in [-0.05, 0) is 49.2 Å². The summed E-state index contributed by atoms with van der Waals surface area (Å²) in [6.07, 6.45) is 0. The number of nitrogens with zero attached hydrogens (tertiary/aromatic N) is 1. The number of imide groups is 1. The molecule has 0 saturated heterocycles. The van der Waals surface area contributed by atoms with Gasteiger partial charge in [0, 0.05) is 0 Å². The smallest absolute Gasteiger partial charge is 0.261 e. The van der Waals surface area contributed by atoms with E-state index in [2.05, 4.69) is 0 Å². The van der Waals surface area contributed by atoms with Crippen LogP contribution >= 0.6 is 0 Å². The van der Waals surface area contributed by atoms with Crippen LogP contribution in [0.15, 0.2) is 42.5 Å². The highest BCUT2D eigenvalue weighted by Gasteiger charge is 2.34. The predicted molar refractivity (Wildman–Crippen MR) is 83.2 cm³/mol. The number of aryl methyl sites for hydroxylation is 2. The average molecular weight is 295 g/mol. The van der Waals surface area contributed by atoms with E-state index < -0.39 is 0 Å². The standard InChI is InChI=1S/C18H17NO3/c1-12-7-8-14(11-13(12)2)22-10-9-19-17(20)15-5-3-4-6-16(15)18(19)21/h3-8,11H,9-10H2,1-2H3. The van der Waals surface area contributed by atoms with Gasteiger partial charge in [-0.25, -0.2) is 0 Å².